The lowest BCUT2D eigenvalue weighted by Crippen LogP contribution is -2.36. The molecule has 0 fully saturated rings. The molecule has 0 radical (unpaired) electrons. The van der Waals surface area contributed by atoms with Gasteiger partial charge in [0, 0.05) is 6.54 Å². The van der Waals surface area contributed by atoms with E-state index in [0.717, 1.165) is 6.07 Å². The minimum Gasteiger partial charge on any atom is -0.508 e. The highest BCUT2D eigenvalue weighted by atomic mass is 16.5. The Labute approximate surface area is 116 Å². The number of nitrogens with zero attached hydrogens (tertiary/aromatic N) is 1. The van der Waals surface area contributed by atoms with Gasteiger partial charge in [0.05, 0.1) is 12.2 Å². The van der Waals surface area contributed by atoms with Crippen molar-refractivity contribution in [3.63, 3.8) is 0 Å². The molecule has 0 saturated carbocycles. The largest absolute Gasteiger partial charge is 0.508 e. The van der Waals surface area contributed by atoms with Crippen LogP contribution in [0.3, 0.4) is 0 Å². The third-order valence-corrected chi connectivity index (χ3v) is 2.47. The van der Waals surface area contributed by atoms with E-state index in [1.807, 2.05) is 0 Å². The first-order chi connectivity index (χ1) is 9.49. The standard InChI is InChI=1S/C14H17NO5/c1-3-7-15(9-13(18)20-4-2)14(19)11-8-10(16)5-6-12(11)17/h3,5-6,8,16-17H,1,4,7,9H2,2H3. The molecule has 2 N–H and O–H groups in total. The third kappa shape index (κ3) is 4.01. The van der Waals surface area contributed by atoms with E-state index in [2.05, 4.69) is 6.58 Å². The van der Waals surface area contributed by atoms with Crippen LogP contribution in [0, 0.1) is 0 Å². The predicted octanol–water partition coefficient (Wildman–Crippen LogP) is 1.29. The van der Waals surface area contributed by atoms with Crippen LogP contribution in [0.2, 0.25) is 0 Å². The average molecular weight is 279 g/mol. The number of benzene rings is 1. The lowest BCUT2D eigenvalue weighted by molar-refractivity contribution is -0.143. The van der Waals surface area contributed by atoms with Crippen LogP contribution >= 0.6 is 0 Å². The molecule has 0 saturated heterocycles. The third-order valence-electron chi connectivity index (χ3n) is 2.47. The molecule has 0 aliphatic heterocycles. The Bertz CT molecular complexity index is 512. The first-order valence-electron chi connectivity index (χ1n) is 6.07. The first-order valence-corrected chi connectivity index (χ1v) is 6.07. The van der Waals surface area contributed by atoms with Gasteiger partial charge in [-0.3, -0.25) is 9.59 Å². The summed E-state index contributed by atoms with van der Waals surface area (Å²) in [6.45, 7) is 5.25. The maximum atomic E-state index is 12.2. The lowest BCUT2D eigenvalue weighted by Gasteiger charge is -2.20. The van der Waals surface area contributed by atoms with E-state index in [0.29, 0.717) is 0 Å². The van der Waals surface area contributed by atoms with Crippen molar-refractivity contribution in [1.29, 1.82) is 0 Å². The Kier molecular flexibility index (Phi) is 5.58. The van der Waals surface area contributed by atoms with Gasteiger partial charge in [0.1, 0.15) is 18.0 Å². The molecule has 0 heterocycles. The van der Waals surface area contributed by atoms with Crippen LogP contribution in [-0.4, -0.2) is 46.7 Å². The summed E-state index contributed by atoms with van der Waals surface area (Å²) in [6.07, 6.45) is 1.46. The van der Waals surface area contributed by atoms with Gasteiger partial charge in [0.25, 0.3) is 5.91 Å². The zero-order valence-electron chi connectivity index (χ0n) is 11.2. The summed E-state index contributed by atoms with van der Waals surface area (Å²) in [5, 5.41) is 19.0. The number of hydrogen-bond donors (Lipinski definition) is 2. The molecule has 1 aromatic rings. The van der Waals surface area contributed by atoms with Crippen LogP contribution in [0.4, 0.5) is 0 Å². The highest BCUT2D eigenvalue weighted by Crippen LogP contribution is 2.23. The van der Waals surface area contributed by atoms with Crippen LogP contribution in [0.15, 0.2) is 30.9 Å². The van der Waals surface area contributed by atoms with Crippen LogP contribution in [0.25, 0.3) is 0 Å². The molecule has 0 aromatic heterocycles. The Hall–Kier alpha value is -2.50. The van der Waals surface area contributed by atoms with Gasteiger partial charge in [0.2, 0.25) is 0 Å². The van der Waals surface area contributed by atoms with Crippen molar-refractivity contribution in [2.45, 2.75) is 6.92 Å². The monoisotopic (exact) mass is 279 g/mol. The molecule has 0 bridgehead atoms. The minimum atomic E-state index is -0.591. The van der Waals surface area contributed by atoms with Crippen LogP contribution in [0.1, 0.15) is 17.3 Å². The van der Waals surface area contributed by atoms with Gasteiger partial charge in [-0.25, -0.2) is 0 Å². The fourth-order valence-electron chi connectivity index (χ4n) is 1.60. The molecule has 0 unspecified atom stereocenters. The summed E-state index contributed by atoms with van der Waals surface area (Å²) < 4.78 is 4.78. The minimum absolute atomic E-state index is 0.0869. The maximum Gasteiger partial charge on any atom is 0.325 e. The molecule has 0 aliphatic rings. The second kappa shape index (κ2) is 7.18. The normalized spacial score (nSPS) is 9.85. The number of hydrogen-bond acceptors (Lipinski definition) is 5. The Morgan fingerprint density at radius 2 is 2.10 bits per heavy atom. The number of rotatable bonds is 6. The number of aromatic hydroxyl groups is 2. The number of amides is 1. The highest BCUT2D eigenvalue weighted by Gasteiger charge is 2.21. The second-order valence-corrected chi connectivity index (χ2v) is 3.98. The summed E-state index contributed by atoms with van der Waals surface area (Å²) in [4.78, 5) is 24.9. The number of phenols is 2. The van der Waals surface area contributed by atoms with Crippen molar-refractivity contribution in [3.8, 4) is 11.5 Å². The van der Waals surface area contributed by atoms with Gasteiger partial charge in [-0.15, -0.1) is 6.58 Å². The predicted molar refractivity (Wildman–Crippen MR) is 72.5 cm³/mol. The van der Waals surface area contributed by atoms with Gasteiger partial charge >= 0.3 is 5.97 Å². The zero-order valence-corrected chi connectivity index (χ0v) is 11.2. The van der Waals surface area contributed by atoms with E-state index < -0.39 is 11.9 Å². The van der Waals surface area contributed by atoms with Crippen molar-refractivity contribution < 1.29 is 24.5 Å². The van der Waals surface area contributed by atoms with Crippen molar-refractivity contribution >= 4 is 11.9 Å². The van der Waals surface area contributed by atoms with E-state index in [9.17, 15) is 19.8 Å². The Balaban J connectivity index is 2.95. The van der Waals surface area contributed by atoms with Crippen LogP contribution in [0.5, 0.6) is 11.5 Å². The second-order valence-electron chi connectivity index (χ2n) is 3.98. The smallest absolute Gasteiger partial charge is 0.325 e. The summed E-state index contributed by atoms with van der Waals surface area (Å²) in [5.41, 5.74) is -0.0869. The van der Waals surface area contributed by atoms with Crippen molar-refractivity contribution in [1.82, 2.24) is 4.90 Å². The first kappa shape index (κ1) is 15.6. The zero-order chi connectivity index (χ0) is 15.1. The fourth-order valence-corrected chi connectivity index (χ4v) is 1.60. The van der Waals surface area contributed by atoms with E-state index in [4.69, 9.17) is 4.74 Å². The van der Waals surface area contributed by atoms with E-state index in [1.54, 1.807) is 6.92 Å². The summed E-state index contributed by atoms with van der Waals surface area (Å²) >= 11 is 0. The SMILES string of the molecule is C=CCN(CC(=O)OCC)C(=O)c1cc(O)ccc1O. The molecular formula is C14H17NO5. The lowest BCUT2D eigenvalue weighted by atomic mass is 10.1. The maximum absolute atomic E-state index is 12.2. The number of esters is 1. The summed E-state index contributed by atoms with van der Waals surface area (Å²) in [5.74, 6) is -1.57. The number of phenolic OH excluding ortho intramolecular Hbond substituents is 2. The van der Waals surface area contributed by atoms with Gasteiger partial charge < -0.3 is 19.8 Å². The molecule has 108 valence electrons. The van der Waals surface area contributed by atoms with Gasteiger partial charge in [-0.05, 0) is 25.1 Å². The molecule has 0 atom stereocenters. The van der Waals surface area contributed by atoms with Gasteiger partial charge in [-0.1, -0.05) is 6.08 Å². The molecule has 6 heteroatoms. The number of ether oxygens (including phenoxy) is 1. The quantitative estimate of drug-likeness (QED) is 0.465. The topological polar surface area (TPSA) is 87.1 Å². The molecular weight excluding hydrogens is 262 g/mol. The Morgan fingerprint density at radius 1 is 1.40 bits per heavy atom. The molecule has 1 rings (SSSR count). The van der Waals surface area contributed by atoms with Gasteiger partial charge in [-0.2, -0.15) is 0 Å². The Morgan fingerprint density at radius 3 is 2.70 bits per heavy atom. The molecule has 0 spiro atoms. The van der Waals surface area contributed by atoms with Gasteiger partial charge in [0.15, 0.2) is 0 Å². The van der Waals surface area contributed by atoms with Crippen LogP contribution < -0.4 is 0 Å². The van der Waals surface area contributed by atoms with E-state index in [1.165, 1.54) is 23.1 Å². The van der Waals surface area contributed by atoms with E-state index >= 15 is 0 Å². The van der Waals surface area contributed by atoms with Crippen molar-refractivity contribution in [2.24, 2.45) is 0 Å². The summed E-state index contributed by atoms with van der Waals surface area (Å²) in [7, 11) is 0. The van der Waals surface area contributed by atoms with Crippen molar-refractivity contribution in [3.05, 3.63) is 36.4 Å². The fraction of sp³-hybridized carbons (Fsp3) is 0.286. The average Bonchev–Trinajstić information content (AvgIpc) is 2.40. The molecule has 20 heavy (non-hydrogen) atoms. The number of carbonyl (C=O) groups excluding carboxylic acids is 2. The number of carbonyl (C=O) groups is 2. The summed E-state index contributed by atoms with van der Waals surface area (Å²) in [6, 6.07) is 3.60. The van der Waals surface area contributed by atoms with Crippen molar-refractivity contribution in [2.75, 3.05) is 19.7 Å². The molecule has 0 aliphatic carbocycles. The highest BCUT2D eigenvalue weighted by molar-refractivity contribution is 5.98. The molecule has 1 amide bonds. The van der Waals surface area contributed by atoms with E-state index in [-0.39, 0.29) is 36.8 Å². The van der Waals surface area contributed by atoms with Crippen LogP contribution in [-0.2, 0) is 9.53 Å². The molecule has 1 aromatic carbocycles. The molecule has 6 nitrogen and oxygen atoms in total.